The molecule has 62 heavy (non-hydrogen) atoms. The number of phenols is 2. The van der Waals surface area contributed by atoms with E-state index in [0.717, 1.165) is 55.4 Å². The highest BCUT2D eigenvalue weighted by atomic mass is 16.5. The van der Waals surface area contributed by atoms with E-state index in [2.05, 4.69) is 26.3 Å². The summed E-state index contributed by atoms with van der Waals surface area (Å²) in [4.78, 5) is 0. The zero-order valence-corrected chi connectivity index (χ0v) is 35.7. The number of aromatic hydroxyl groups is 2. The van der Waals surface area contributed by atoms with Gasteiger partial charge in [0.05, 0.1) is 5.41 Å². The van der Waals surface area contributed by atoms with Crippen LogP contribution in [0, 0.1) is 0 Å². The van der Waals surface area contributed by atoms with E-state index < -0.39 is 5.41 Å². The van der Waals surface area contributed by atoms with Crippen LogP contribution in [0.25, 0.3) is 44.5 Å². The Labute approximate surface area is 365 Å². The Balaban J connectivity index is 0.000000419. The molecule has 0 aliphatic heterocycles. The third kappa shape index (κ3) is 11.9. The fourth-order valence-electron chi connectivity index (χ4n) is 6.60. The van der Waals surface area contributed by atoms with Crippen molar-refractivity contribution in [3.8, 4) is 34.5 Å². The molecule has 1 unspecified atom stereocenters. The zero-order valence-electron chi connectivity index (χ0n) is 35.7. The Morgan fingerprint density at radius 3 is 1.39 bits per heavy atom. The highest BCUT2D eigenvalue weighted by Gasteiger charge is 2.30. The number of phenolic OH excluding ortho intramolecular Hbond substituents is 2. The summed E-state index contributed by atoms with van der Waals surface area (Å²) in [6.07, 6.45) is 21.5. The molecular formula is C57H54O5. The van der Waals surface area contributed by atoms with Gasteiger partial charge < -0.3 is 24.8 Å². The molecule has 5 heteroatoms. The van der Waals surface area contributed by atoms with E-state index in [-0.39, 0.29) is 17.3 Å². The van der Waals surface area contributed by atoms with Crippen molar-refractivity contribution in [2.75, 3.05) is 0 Å². The van der Waals surface area contributed by atoms with E-state index in [1.54, 1.807) is 42.5 Å². The predicted octanol–water partition coefficient (Wildman–Crippen LogP) is 16.3. The smallest absolute Gasteiger partial charge is 0.128 e. The van der Waals surface area contributed by atoms with E-state index in [4.69, 9.17) is 9.47 Å². The number of rotatable bonds is 9. The topological polar surface area (TPSA) is 79.2 Å². The van der Waals surface area contributed by atoms with Crippen molar-refractivity contribution in [1.82, 2.24) is 0 Å². The van der Waals surface area contributed by atoms with Crippen LogP contribution in [0.15, 0.2) is 214 Å². The third-order valence-electron chi connectivity index (χ3n) is 9.94. The first-order chi connectivity index (χ1) is 30.0. The molecule has 312 valence electrons. The predicted molar refractivity (Wildman–Crippen MR) is 264 cm³/mol. The van der Waals surface area contributed by atoms with Gasteiger partial charge in [-0.2, -0.15) is 0 Å². The van der Waals surface area contributed by atoms with Gasteiger partial charge in [-0.3, -0.25) is 0 Å². The molecule has 0 fully saturated rings. The lowest BCUT2D eigenvalue weighted by Gasteiger charge is -2.26. The van der Waals surface area contributed by atoms with Gasteiger partial charge >= 0.3 is 0 Å². The van der Waals surface area contributed by atoms with Crippen molar-refractivity contribution < 1.29 is 24.8 Å². The van der Waals surface area contributed by atoms with Crippen LogP contribution in [0.2, 0.25) is 0 Å². The molecule has 0 saturated carbocycles. The summed E-state index contributed by atoms with van der Waals surface area (Å²) in [6, 6.07) is 40.1. The van der Waals surface area contributed by atoms with E-state index in [0.29, 0.717) is 23.0 Å². The fourth-order valence-corrected chi connectivity index (χ4v) is 6.60. The number of allylic oxidation sites excluding steroid dienone is 9. The van der Waals surface area contributed by atoms with Crippen LogP contribution in [0.3, 0.4) is 0 Å². The Kier molecular flexibility index (Phi) is 16.1. The van der Waals surface area contributed by atoms with Gasteiger partial charge in [-0.05, 0) is 161 Å². The minimum Gasteiger partial charge on any atom is -0.511 e. The van der Waals surface area contributed by atoms with Gasteiger partial charge in [0, 0.05) is 0 Å². The molecule has 3 N–H and O–H groups in total. The molecule has 5 nitrogen and oxygen atoms in total. The van der Waals surface area contributed by atoms with Crippen molar-refractivity contribution in [3.05, 3.63) is 231 Å². The number of aliphatic hydroxyl groups excluding tert-OH is 1. The lowest BCUT2D eigenvalue weighted by Crippen LogP contribution is -2.21. The summed E-state index contributed by atoms with van der Waals surface area (Å²) in [5.74, 6) is 3.34. The Bertz CT molecular complexity index is 2800. The third-order valence-corrected chi connectivity index (χ3v) is 9.94. The molecule has 0 radical (unpaired) electrons. The van der Waals surface area contributed by atoms with Gasteiger partial charge in [-0.15, -0.1) is 13.2 Å². The van der Waals surface area contributed by atoms with Crippen molar-refractivity contribution in [2.24, 2.45) is 0 Å². The second kappa shape index (κ2) is 22.0. The number of benzene rings is 7. The first kappa shape index (κ1) is 45.3. The van der Waals surface area contributed by atoms with Crippen LogP contribution >= 0.6 is 0 Å². The monoisotopic (exact) mass is 818 g/mol. The maximum Gasteiger partial charge on any atom is 0.128 e. The molecule has 0 bridgehead atoms. The average molecular weight is 819 g/mol. The van der Waals surface area contributed by atoms with Gasteiger partial charge in [0.25, 0.3) is 0 Å². The quantitative estimate of drug-likeness (QED) is 0.0999. The molecule has 7 aromatic rings. The van der Waals surface area contributed by atoms with E-state index >= 15 is 0 Å². The Morgan fingerprint density at radius 2 is 0.935 bits per heavy atom. The first-order valence-corrected chi connectivity index (χ1v) is 20.3. The molecule has 0 aromatic heterocycles. The minimum absolute atomic E-state index is 0.208. The maximum atomic E-state index is 11.4. The molecule has 7 aromatic carbocycles. The maximum absolute atomic E-state index is 11.4. The number of hydrogen-bond acceptors (Lipinski definition) is 5. The van der Waals surface area contributed by atoms with E-state index in [1.807, 2.05) is 173 Å². The van der Waals surface area contributed by atoms with Crippen molar-refractivity contribution in [1.29, 1.82) is 0 Å². The van der Waals surface area contributed by atoms with Crippen LogP contribution in [0.5, 0.6) is 34.5 Å². The number of ether oxygens (including phenoxy) is 2. The molecule has 0 heterocycles. The molecule has 0 spiro atoms. The Hall–Kier alpha value is -7.76. The van der Waals surface area contributed by atoms with Gasteiger partial charge in [0.1, 0.15) is 40.3 Å². The standard InChI is InChI=1S/C42H30O5.3C5H8/c1-42(34-9-2-26-3-10-35(43)19-30(26)18-34)17-16-29-8-15-40(24-33(29)25-41(42)45)47-39-14-7-28-6-13-38(22-32(28)23-39)46-37-12-5-27-4-11-36(44)20-31(27)21-37;3*1-3-5-4-2/h2-25,43-45H,1H3;2*3-5H,1H2,2H3;3-4H,1-2,5H2/b;2*5-4+;. The Morgan fingerprint density at radius 1 is 0.500 bits per heavy atom. The van der Waals surface area contributed by atoms with Crippen molar-refractivity contribution in [3.63, 3.8) is 0 Å². The summed E-state index contributed by atoms with van der Waals surface area (Å²) in [7, 11) is 0. The van der Waals surface area contributed by atoms with Crippen LogP contribution < -0.4 is 9.47 Å². The van der Waals surface area contributed by atoms with Crippen LogP contribution in [-0.4, -0.2) is 15.3 Å². The molecule has 0 saturated heterocycles. The van der Waals surface area contributed by atoms with Crippen molar-refractivity contribution in [2.45, 2.75) is 32.6 Å². The second-order valence-electron chi connectivity index (χ2n) is 14.5. The van der Waals surface area contributed by atoms with Crippen LogP contribution in [0.1, 0.15) is 43.9 Å². The molecular weight excluding hydrogens is 765 g/mol. The number of aliphatic hydroxyl groups is 1. The van der Waals surface area contributed by atoms with Gasteiger partial charge in [0.2, 0.25) is 0 Å². The van der Waals surface area contributed by atoms with E-state index in [1.165, 1.54) is 0 Å². The molecule has 1 aliphatic rings. The van der Waals surface area contributed by atoms with Crippen LogP contribution in [-0.2, 0) is 5.41 Å². The summed E-state index contributed by atoms with van der Waals surface area (Å²) in [5.41, 5.74) is 1.98. The summed E-state index contributed by atoms with van der Waals surface area (Å²) in [6.45, 7) is 19.8. The minimum atomic E-state index is -0.758. The highest BCUT2D eigenvalue weighted by Crippen LogP contribution is 2.40. The number of fused-ring (bicyclic) bond motifs is 4. The van der Waals surface area contributed by atoms with Gasteiger partial charge in [-0.1, -0.05) is 122 Å². The van der Waals surface area contributed by atoms with Crippen LogP contribution in [0.4, 0.5) is 0 Å². The van der Waals surface area contributed by atoms with Gasteiger partial charge in [0.15, 0.2) is 0 Å². The zero-order chi connectivity index (χ0) is 44.5. The first-order valence-electron chi connectivity index (χ1n) is 20.3. The van der Waals surface area contributed by atoms with E-state index in [9.17, 15) is 15.3 Å². The normalized spacial score (nSPS) is 13.9. The summed E-state index contributed by atoms with van der Waals surface area (Å²) >= 11 is 0. The number of hydrogen-bond donors (Lipinski definition) is 3. The fraction of sp³-hybridized carbons (Fsp3) is 0.0877. The van der Waals surface area contributed by atoms with Crippen molar-refractivity contribution >= 4 is 44.5 Å². The summed E-state index contributed by atoms with van der Waals surface area (Å²) in [5, 5.41) is 37.2. The SMILES string of the molecule is C=C/C=C/C.C=C/C=C/C.C=CCC=C.CC1(c2ccc3ccc(O)cc3c2)C=Cc2ccc(Oc3ccc4ccc(Oc5ccc6ccc(O)cc6c5)cc4c3)cc2C=C1O. The highest BCUT2D eigenvalue weighted by molar-refractivity contribution is 5.87. The van der Waals surface area contributed by atoms with Gasteiger partial charge in [-0.25, -0.2) is 0 Å². The molecule has 1 atom stereocenters. The molecule has 8 rings (SSSR count). The molecule has 0 amide bonds. The lowest BCUT2D eigenvalue weighted by molar-refractivity contribution is 0.346. The average Bonchev–Trinajstić information content (AvgIpc) is 3.39. The second-order valence-corrected chi connectivity index (χ2v) is 14.5. The summed E-state index contributed by atoms with van der Waals surface area (Å²) < 4.78 is 12.5. The lowest BCUT2D eigenvalue weighted by atomic mass is 9.79. The molecule has 1 aliphatic carbocycles. The largest absolute Gasteiger partial charge is 0.511 e.